The molecule has 1 heterocycles. The van der Waals surface area contributed by atoms with E-state index in [2.05, 4.69) is 22.1 Å². The third-order valence-corrected chi connectivity index (χ3v) is 5.25. The molecule has 28 heavy (non-hydrogen) atoms. The summed E-state index contributed by atoms with van der Waals surface area (Å²) in [4.78, 5) is 12.3. The molecule has 5 nitrogen and oxygen atoms in total. The number of rotatable bonds is 8. The van der Waals surface area contributed by atoms with Gasteiger partial charge < -0.3 is 9.88 Å². The molecule has 0 saturated carbocycles. The Morgan fingerprint density at radius 2 is 1.96 bits per heavy atom. The average molecular weight is 417 g/mol. The highest BCUT2D eigenvalue weighted by Gasteiger charge is 2.16. The maximum atomic E-state index is 13.0. The van der Waals surface area contributed by atoms with Gasteiger partial charge in [0.05, 0.1) is 6.42 Å². The van der Waals surface area contributed by atoms with Crippen LogP contribution in [0.1, 0.15) is 11.4 Å². The molecule has 0 fully saturated rings. The summed E-state index contributed by atoms with van der Waals surface area (Å²) in [6, 6.07) is 13.2. The molecule has 0 saturated heterocycles. The Morgan fingerprint density at radius 3 is 2.68 bits per heavy atom. The SMILES string of the molecule is C=CCn1c(CC(=O)Nc2ccc(F)cc2)nnc1SCc1ccccc1Cl. The van der Waals surface area contributed by atoms with E-state index in [0.29, 0.717) is 34.0 Å². The number of allylic oxidation sites excluding steroid dienone is 1. The van der Waals surface area contributed by atoms with Gasteiger partial charge >= 0.3 is 0 Å². The number of carbonyl (C=O) groups excluding carboxylic acids is 1. The van der Waals surface area contributed by atoms with Gasteiger partial charge in [-0.05, 0) is 35.9 Å². The molecule has 0 aliphatic rings. The molecule has 0 atom stereocenters. The largest absolute Gasteiger partial charge is 0.326 e. The monoisotopic (exact) mass is 416 g/mol. The highest BCUT2D eigenvalue weighted by molar-refractivity contribution is 7.98. The molecular formula is C20H18ClFN4OS. The second kappa shape index (κ2) is 9.52. The third-order valence-electron chi connectivity index (χ3n) is 3.87. The van der Waals surface area contributed by atoms with Crippen LogP contribution < -0.4 is 5.32 Å². The minimum Gasteiger partial charge on any atom is -0.326 e. The van der Waals surface area contributed by atoms with Gasteiger partial charge in [0.15, 0.2) is 5.16 Å². The molecule has 0 bridgehead atoms. The summed E-state index contributed by atoms with van der Waals surface area (Å²) in [5.41, 5.74) is 1.52. The second-order valence-electron chi connectivity index (χ2n) is 5.91. The predicted molar refractivity (Wildman–Crippen MR) is 110 cm³/mol. The summed E-state index contributed by atoms with van der Waals surface area (Å²) in [7, 11) is 0. The fourth-order valence-corrected chi connectivity index (χ4v) is 3.76. The van der Waals surface area contributed by atoms with E-state index in [0.717, 1.165) is 5.56 Å². The Balaban J connectivity index is 1.69. The lowest BCUT2D eigenvalue weighted by Gasteiger charge is -2.09. The van der Waals surface area contributed by atoms with Crippen LogP contribution in [0.3, 0.4) is 0 Å². The number of hydrogen-bond acceptors (Lipinski definition) is 4. The van der Waals surface area contributed by atoms with Crippen molar-refractivity contribution in [3.05, 3.63) is 83.4 Å². The van der Waals surface area contributed by atoms with E-state index in [4.69, 9.17) is 11.6 Å². The van der Waals surface area contributed by atoms with Crippen LogP contribution in [0.4, 0.5) is 10.1 Å². The van der Waals surface area contributed by atoms with Crippen molar-refractivity contribution in [2.45, 2.75) is 23.9 Å². The van der Waals surface area contributed by atoms with Crippen LogP contribution in [0.25, 0.3) is 0 Å². The summed E-state index contributed by atoms with van der Waals surface area (Å²) in [6.07, 6.45) is 1.77. The summed E-state index contributed by atoms with van der Waals surface area (Å²) in [5, 5.41) is 12.5. The van der Waals surface area contributed by atoms with Crippen LogP contribution in [-0.4, -0.2) is 20.7 Å². The van der Waals surface area contributed by atoms with Crippen molar-refractivity contribution >= 4 is 35.0 Å². The van der Waals surface area contributed by atoms with Crippen LogP contribution in [0, 0.1) is 5.82 Å². The Bertz CT molecular complexity index is 975. The first-order valence-electron chi connectivity index (χ1n) is 8.51. The van der Waals surface area contributed by atoms with E-state index in [1.807, 2.05) is 28.8 Å². The van der Waals surface area contributed by atoms with Crippen LogP contribution >= 0.6 is 23.4 Å². The first kappa shape index (κ1) is 20.1. The fourth-order valence-electron chi connectivity index (χ4n) is 2.51. The van der Waals surface area contributed by atoms with Crippen molar-refractivity contribution in [2.24, 2.45) is 0 Å². The lowest BCUT2D eigenvalue weighted by molar-refractivity contribution is -0.115. The summed E-state index contributed by atoms with van der Waals surface area (Å²) in [5.74, 6) is 0.550. The van der Waals surface area contributed by atoms with Crippen molar-refractivity contribution in [1.29, 1.82) is 0 Å². The molecule has 0 radical (unpaired) electrons. The Kier molecular flexibility index (Phi) is 6.84. The van der Waals surface area contributed by atoms with E-state index < -0.39 is 0 Å². The molecule has 3 rings (SSSR count). The van der Waals surface area contributed by atoms with Crippen LogP contribution in [0.15, 0.2) is 66.3 Å². The molecule has 1 amide bonds. The van der Waals surface area contributed by atoms with Crippen molar-refractivity contribution in [3.63, 3.8) is 0 Å². The predicted octanol–water partition coefficient (Wildman–Crippen LogP) is 4.73. The quantitative estimate of drug-likeness (QED) is 0.426. The third kappa shape index (κ3) is 5.21. The minimum atomic E-state index is -0.357. The minimum absolute atomic E-state index is 0.0465. The normalized spacial score (nSPS) is 10.6. The smallest absolute Gasteiger partial charge is 0.232 e. The summed E-state index contributed by atoms with van der Waals surface area (Å²) >= 11 is 7.70. The molecule has 1 N–H and O–H groups in total. The Hall–Kier alpha value is -2.64. The van der Waals surface area contributed by atoms with Gasteiger partial charge in [-0.1, -0.05) is 47.6 Å². The number of nitrogens with zero attached hydrogens (tertiary/aromatic N) is 3. The number of carbonyl (C=O) groups is 1. The van der Waals surface area contributed by atoms with Gasteiger partial charge in [0.2, 0.25) is 5.91 Å². The lowest BCUT2D eigenvalue weighted by atomic mass is 10.2. The molecule has 0 spiro atoms. The fraction of sp³-hybridized carbons (Fsp3) is 0.150. The first-order chi connectivity index (χ1) is 13.6. The molecule has 0 unspecified atom stereocenters. The van der Waals surface area contributed by atoms with Gasteiger partial charge in [-0.3, -0.25) is 4.79 Å². The molecule has 2 aromatic carbocycles. The number of halogens is 2. The molecule has 0 aliphatic carbocycles. The van der Waals surface area contributed by atoms with Crippen molar-refractivity contribution in [1.82, 2.24) is 14.8 Å². The van der Waals surface area contributed by atoms with Crippen molar-refractivity contribution < 1.29 is 9.18 Å². The van der Waals surface area contributed by atoms with Gasteiger partial charge in [-0.15, -0.1) is 16.8 Å². The van der Waals surface area contributed by atoms with Crippen molar-refractivity contribution in [2.75, 3.05) is 5.32 Å². The van der Waals surface area contributed by atoms with Crippen LogP contribution in [0.2, 0.25) is 5.02 Å². The first-order valence-corrected chi connectivity index (χ1v) is 9.87. The number of aromatic nitrogens is 3. The lowest BCUT2D eigenvalue weighted by Crippen LogP contribution is -2.17. The number of thioether (sulfide) groups is 1. The van der Waals surface area contributed by atoms with Gasteiger partial charge in [0, 0.05) is 23.0 Å². The molecular weight excluding hydrogens is 399 g/mol. The summed E-state index contributed by atoms with van der Waals surface area (Å²) < 4.78 is 14.8. The number of nitrogens with one attached hydrogen (secondary N) is 1. The van der Waals surface area contributed by atoms with Gasteiger partial charge in [0.25, 0.3) is 0 Å². The highest BCUT2D eigenvalue weighted by Crippen LogP contribution is 2.26. The number of hydrogen-bond donors (Lipinski definition) is 1. The topological polar surface area (TPSA) is 59.8 Å². The molecule has 0 aliphatic heterocycles. The van der Waals surface area contributed by atoms with Gasteiger partial charge in [0.1, 0.15) is 11.6 Å². The number of benzene rings is 2. The zero-order chi connectivity index (χ0) is 19.9. The zero-order valence-electron chi connectivity index (χ0n) is 14.9. The van der Waals surface area contributed by atoms with E-state index in [9.17, 15) is 9.18 Å². The van der Waals surface area contributed by atoms with E-state index >= 15 is 0 Å². The van der Waals surface area contributed by atoms with Gasteiger partial charge in [-0.25, -0.2) is 4.39 Å². The molecule has 3 aromatic rings. The molecule has 1 aromatic heterocycles. The zero-order valence-corrected chi connectivity index (χ0v) is 16.5. The average Bonchev–Trinajstić information content (AvgIpc) is 3.05. The second-order valence-corrected chi connectivity index (χ2v) is 7.26. The van der Waals surface area contributed by atoms with Crippen molar-refractivity contribution in [3.8, 4) is 0 Å². The van der Waals surface area contributed by atoms with E-state index in [-0.39, 0.29) is 18.1 Å². The highest BCUT2D eigenvalue weighted by atomic mass is 35.5. The summed E-state index contributed by atoms with van der Waals surface area (Å²) in [6.45, 7) is 4.25. The molecule has 8 heteroatoms. The molecule has 144 valence electrons. The van der Waals surface area contributed by atoms with Crippen LogP contribution in [0.5, 0.6) is 0 Å². The maximum Gasteiger partial charge on any atom is 0.232 e. The Labute approximate surface area is 171 Å². The maximum absolute atomic E-state index is 13.0. The number of anilines is 1. The number of amides is 1. The van der Waals surface area contributed by atoms with E-state index in [1.165, 1.54) is 36.0 Å². The Morgan fingerprint density at radius 1 is 1.21 bits per heavy atom. The van der Waals surface area contributed by atoms with Gasteiger partial charge in [-0.2, -0.15) is 0 Å². The van der Waals surface area contributed by atoms with Crippen LogP contribution in [-0.2, 0) is 23.5 Å². The standard InChI is InChI=1S/C20H18ClFN4OS/c1-2-11-26-18(12-19(27)23-16-9-7-15(22)8-10-16)24-25-20(26)28-13-14-5-3-4-6-17(14)21/h2-10H,1,11-13H2,(H,23,27). The van der Waals surface area contributed by atoms with E-state index in [1.54, 1.807) is 6.08 Å².